The van der Waals surface area contributed by atoms with Crippen LogP contribution in [0.5, 0.6) is 0 Å². The number of amidine groups is 1. The van der Waals surface area contributed by atoms with Crippen LogP contribution in [-0.4, -0.2) is 40.3 Å². The lowest BCUT2D eigenvalue weighted by Crippen LogP contribution is -2.36. The number of halogens is 3. The number of hydrogen-bond donors (Lipinski definition) is 1. The van der Waals surface area contributed by atoms with Crippen molar-refractivity contribution in [3.05, 3.63) is 62.5 Å². The average Bonchev–Trinajstić information content (AvgIpc) is 3.27. The summed E-state index contributed by atoms with van der Waals surface area (Å²) in [7, 11) is 0. The summed E-state index contributed by atoms with van der Waals surface area (Å²) in [5.74, 6) is -1.52. The quantitative estimate of drug-likeness (QED) is 0.370. The van der Waals surface area contributed by atoms with Crippen LogP contribution in [0.1, 0.15) is 44.8 Å². The minimum absolute atomic E-state index is 0. The third-order valence-corrected chi connectivity index (χ3v) is 6.01. The first-order valence-corrected chi connectivity index (χ1v) is 12.0. The zero-order valence-corrected chi connectivity index (χ0v) is 20.6. The number of aromatic nitrogens is 1. The minimum Gasteiger partial charge on any atom is -0.460 e. The number of thiazole rings is 1. The maximum absolute atomic E-state index is 13.7. The molecule has 11 heteroatoms. The fourth-order valence-electron chi connectivity index (χ4n) is 2.94. The first kappa shape index (κ1) is 26.9. The number of alkyl halides is 1. The van der Waals surface area contributed by atoms with Crippen LogP contribution in [0.2, 0.25) is 5.02 Å². The van der Waals surface area contributed by atoms with Crippen LogP contribution in [0.25, 0.3) is 0 Å². The first-order valence-electron chi connectivity index (χ1n) is 9.61. The van der Waals surface area contributed by atoms with Gasteiger partial charge in [0.2, 0.25) is 0 Å². The lowest BCUT2D eigenvalue weighted by Gasteiger charge is -2.27. The Hall–Kier alpha value is -2.30. The van der Waals surface area contributed by atoms with Crippen LogP contribution < -0.4 is 5.32 Å². The molecule has 0 saturated carbocycles. The SMILES string of the molecule is C.CC(C)OC(=O)[C@H](C)OC(=O)C1=C(CBr)NC(c2nccs2)=N[C@H]1c1ccc(F)cc1Cl. The zero-order valence-electron chi connectivity index (χ0n) is 17.4. The third-order valence-electron chi connectivity index (χ3n) is 4.34. The Balaban J connectivity index is 0.00000385. The zero-order chi connectivity index (χ0) is 23.4. The van der Waals surface area contributed by atoms with Gasteiger partial charge >= 0.3 is 11.9 Å². The molecule has 3 rings (SSSR count). The van der Waals surface area contributed by atoms with Crippen LogP contribution in [0.15, 0.2) is 46.0 Å². The third kappa shape index (κ3) is 6.39. The number of allylic oxidation sites excluding steroid dienone is 1. The number of nitrogens with one attached hydrogen (secondary N) is 1. The van der Waals surface area contributed by atoms with Gasteiger partial charge in [-0.1, -0.05) is 41.0 Å². The summed E-state index contributed by atoms with van der Waals surface area (Å²) in [6, 6.07) is 2.95. The van der Waals surface area contributed by atoms with E-state index < -0.39 is 29.9 Å². The summed E-state index contributed by atoms with van der Waals surface area (Å²) in [6.45, 7) is 4.83. The molecular weight excluding hydrogens is 537 g/mol. The van der Waals surface area contributed by atoms with Gasteiger partial charge in [-0.15, -0.1) is 11.3 Å². The largest absolute Gasteiger partial charge is 0.460 e. The Labute approximate surface area is 209 Å². The van der Waals surface area contributed by atoms with Crippen LogP contribution in [0.3, 0.4) is 0 Å². The Bertz CT molecular complexity index is 1080. The average molecular weight is 561 g/mol. The summed E-state index contributed by atoms with van der Waals surface area (Å²) in [4.78, 5) is 34.2. The molecule has 0 bridgehead atoms. The second kappa shape index (κ2) is 11.7. The van der Waals surface area contributed by atoms with Gasteiger partial charge < -0.3 is 14.8 Å². The molecule has 2 atom stereocenters. The molecule has 0 amide bonds. The normalized spacial score (nSPS) is 16.5. The van der Waals surface area contributed by atoms with Gasteiger partial charge in [0.1, 0.15) is 11.9 Å². The summed E-state index contributed by atoms with van der Waals surface area (Å²) in [5, 5.41) is 5.85. The van der Waals surface area contributed by atoms with Gasteiger partial charge in [-0.3, -0.25) is 4.99 Å². The second-order valence-electron chi connectivity index (χ2n) is 7.07. The summed E-state index contributed by atoms with van der Waals surface area (Å²) in [6.07, 6.45) is 0.143. The van der Waals surface area contributed by atoms with Gasteiger partial charge in [-0.05, 0) is 32.9 Å². The molecule has 1 aromatic carbocycles. The Morgan fingerprint density at radius 2 is 2.03 bits per heavy atom. The molecule has 1 aliphatic heterocycles. The second-order valence-corrected chi connectivity index (χ2v) is 8.93. The van der Waals surface area contributed by atoms with Crippen LogP contribution in [-0.2, 0) is 19.1 Å². The highest BCUT2D eigenvalue weighted by molar-refractivity contribution is 9.09. The predicted molar refractivity (Wildman–Crippen MR) is 130 cm³/mol. The fraction of sp³-hybridized carbons (Fsp3) is 0.364. The van der Waals surface area contributed by atoms with Crippen LogP contribution in [0, 0.1) is 5.82 Å². The van der Waals surface area contributed by atoms with E-state index in [1.54, 1.807) is 25.4 Å². The summed E-state index contributed by atoms with van der Waals surface area (Å²) in [5.41, 5.74) is 1.01. The van der Waals surface area contributed by atoms with E-state index in [1.807, 2.05) is 0 Å². The molecule has 1 aliphatic rings. The van der Waals surface area contributed by atoms with E-state index in [-0.39, 0.29) is 29.5 Å². The molecule has 0 fully saturated rings. The Morgan fingerprint density at radius 1 is 1.30 bits per heavy atom. The highest BCUT2D eigenvalue weighted by atomic mass is 79.9. The van der Waals surface area contributed by atoms with Crippen molar-refractivity contribution < 1.29 is 23.5 Å². The van der Waals surface area contributed by atoms with Crippen LogP contribution in [0.4, 0.5) is 4.39 Å². The van der Waals surface area contributed by atoms with Gasteiger partial charge in [0.15, 0.2) is 16.9 Å². The fourth-order valence-corrected chi connectivity index (χ4v) is 4.24. The number of benzene rings is 1. The summed E-state index contributed by atoms with van der Waals surface area (Å²) >= 11 is 11.1. The summed E-state index contributed by atoms with van der Waals surface area (Å²) < 4.78 is 24.2. The number of carbonyl (C=O) groups is 2. The predicted octanol–water partition coefficient (Wildman–Crippen LogP) is 5.20. The highest BCUT2D eigenvalue weighted by Crippen LogP contribution is 2.37. The molecule has 0 saturated heterocycles. The number of hydrogen-bond acceptors (Lipinski definition) is 8. The van der Waals surface area contributed by atoms with E-state index in [1.165, 1.54) is 30.4 Å². The van der Waals surface area contributed by atoms with Crippen molar-refractivity contribution in [2.45, 2.75) is 46.4 Å². The van der Waals surface area contributed by atoms with E-state index in [0.29, 0.717) is 22.1 Å². The number of aliphatic imine (C=N–C) groups is 1. The van der Waals surface area contributed by atoms with Crippen molar-refractivity contribution in [3.63, 3.8) is 0 Å². The highest BCUT2D eigenvalue weighted by Gasteiger charge is 2.35. The van der Waals surface area contributed by atoms with E-state index in [0.717, 1.165) is 6.07 Å². The number of nitrogens with zero attached hydrogens (tertiary/aromatic N) is 2. The number of ether oxygens (including phenoxy) is 2. The molecule has 0 spiro atoms. The molecule has 178 valence electrons. The maximum Gasteiger partial charge on any atom is 0.347 e. The minimum atomic E-state index is -1.14. The number of carbonyl (C=O) groups excluding carboxylic acids is 2. The van der Waals surface area contributed by atoms with E-state index in [2.05, 4.69) is 31.2 Å². The molecule has 7 nitrogen and oxygen atoms in total. The van der Waals surface area contributed by atoms with Gasteiger partial charge in [-0.2, -0.15) is 0 Å². The Kier molecular flexibility index (Phi) is 9.57. The van der Waals surface area contributed by atoms with Crippen molar-refractivity contribution in [2.24, 2.45) is 4.99 Å². The first-order chi connectivity index (χ1) is 15.2. The molecule has 2 aromatic rings. The maximum atomic E-state index is 13.7. The number of rotatable bonds is 7. The van der Waals surface area contributed by atoms with Crippen molar-refractivity contribution in [1.29, 1.82) is 0 Å². The van der Waals surface area contributed by atoms with Gasteiger partial charge in [0.25, 0.3) is 0 Å². The topological polar surface area (TPSA) is 89.9 Å². The molecule has 1 aromatic heterocycles. The van der Waals surface area contributed by atoms with Crippen molar-refractivity contribution in [2.75, 3.05) is 5.33 Å². The molecule has 1 N–H and O–H groups in total. The van der Waals surface area contributed by atoms with Gasteiger partial charge in [0, 0.05) is 33.2 Å². The number of esters is 2. The Morgan fingerprint density at radius 3 is 2.61 bits per heavy atom. The van der Waals surface area contributed by atoms with Gasteiger partial charge in [-0.25, -0.2) is 19.0 Å². The standard InChI is InChI=1S/C21H20BrClFN3O4S.CH4/c1-10(2)30-20(28)11(3)31-21(29)16-15(9-22)26-18(19-25-6-7-32-19)27-17(16)13-5-4-12(24)8-14(13)23;/h4-8,10-11,17H,9H2,1-3H3,(H,26,27);1H4/t11-,17-;/m0./s1. The molecular formula is C22H24BrClFN3O4S. The monoisotopic (exact) mass is 559 g/mol. The molecule has 0 aliphatic carbocycles. The van der Waals surface area contributed by atoms with E-state index in [9.17, 15) is 14.0 Å². The molecule has 0 radical (unpaired) electrons. The van der Waals surface area contributed by atoms with Gasteiger partial charge in [0.05, 0.1) is 11.7 Å². The van der Waals surface area contributed by atoms with Crippen molar-refractivity contribution in [3.8, 4) is 0 Å². The molecule has 2 heterocycles. The smallest absolute Gasteiger partial charge is 0.347 e. The van der Waals surface area contributed by atoms with E-state index in [4.69, 9.17) is 21.1 Å². The lowest BCUT2D eigenvalue weighted by atomic mass is 9.96. The lowest BCUT2D eigenvalue weighted by molar-refractivity contribution is -0.167. The van der Waals surface area contributed by atoms with Crippen LogP contribution >= 0.6 is 38.9 Å². The van der Waals surface area contributed by atoms with Crippen molar-refractivity contribution in [1.82, 2.24) is 10.3 Å². The molecule has 0 unspecified atom stereocenters. The van der Waals surface area contributed by atoms with E-state index >= 15 is 0 Å². The van der Waals surface area contributed by atoms with Crippen molar-refractivity contribution >= 4 is 56.6 Å². The molecule has 33 heavy (non-hydrogen) atoms.